The van der Waals surface area contributed by atoms with E-state index in [0.717, 1.165) is 54.4 Å². The van der Waals surface area contributed by atoms with Gasteiger partial charge in [0.25, 0.3) is 0 Å². The Bertz CT molecular complexity index is 983. The third kappa shape index (κ3) is 4.52. The Morgan fingerprint density at radius 2 is 1.67 bits per heavy atom. The van der Waals surface area contributed by atoms with Crippen LogP contribution in [-0.4, -0.2) is 42.0 Å². The van der Waals surface area contributed by atoms with Crippen molar-refractivity contribution in [3.63, 3.8) is 0 Å². The van der Waals surface area contributed by atoms with Crippen LogP contribution < -0.4 is 10.2 Å². The second kappa shape index (κ2) is 9.09. The number of piperazine rings is 1. The van der Waals surface area contributed by atoms with Crippen molar-refractivity contribution in [2.24, 2.45) is 0 Å². The molecule has 2 aromatic carbocycles. The zero-order chi connectivity index (χ0) is 20.9. The van der Waals surface area contributed by atoms with Gasteiger partial charge in [-0.25, -0.2) is 4.98 Å². The molecule has 2 heterocycles. The number of amides is 1. The molecular formula is C25H28N4O. The highest BCUT2D eigenvalue weighted by molar-refractivity contribution is 5.96. The third-order valence-electron chi connectivity index (χ3n) is 5.67. The van der Waals surface area contributed by atoms with Crippen molar-refractivity contribution in [3.05, 3.63) is 89.6 Å². The highest BCUT2D eigenvalue weighted by Gasteiger charge is 2.31. The average molecular weight is 401 g/mol. The average Bonchev–Trinajstić information content (AvgIpc) is 2.78. The van der Waals surface area contributed by atoms with Gasteiger partial charge in [-0.05, 0) is 48.7 Å². The number of nitrogens with one attached hydrogen (secondary N) is 1. The lowest BCUT2D eigenvalue weighted by Crippen LogP contribution is -2.50. The van der Waals surface area contributed by atoms with Crippen LogP contribution in [-0.2, 0) is 4.79 Å². The predicted molar refractivity (Wildman–Crippen MR) is 122 cm³/mol. The molecule has 1 aliphatic heterocycles. The molecule has 0 unspecified atom stereocenters. The lowest BCUT2D eigenvalue weighted by atomic mass is 10.0. The fourth-order valence-corrected chi connectivity index (χ4v) is 3.98. The maximum atomic E-state index is 13.4. The van der Waals surface area contributed by atoms with E-state index in [4.69, 9.17) is 0 Å². The quantitative estimate of drug-likeness (QED) is 0.697. The number of hydrogen-bond donors (Lipinski definition) is 1. The monoisotopic (exact) mass is 400 g/mol. The lowest BCUT2D eigenvalue weighted by molar-refractivity contribution is -0.121. The van der Waals surface area contributed by atoms with Gasteiger partial charge in [-0.3, -0.25) is 9.69 Å². The van der Waals surface area contributed by atoms with Crippen molar-refractivity contribution in [1.82, 2.24) is 9.88 Å². The summed E-state index contributed by atoms with van der Waals surface area (Å²) < 4.78 is 0. The van der Waals surface area contributed by atoms with Gasteiger partial charge >= 0.3 is 0 Å². The number of anilines is 2. The first-order chi connectivity index (χ1) is 14.6. The van der Waals surface area contributed by atoms with E-state index in [1.54, 1.807) is 0 Å². The molecule has 3 aromatic rings. The van der Waals surface area contributed by atoms with Crippen LogP contribution in [0.5, 0.6) is 0 Å². The van der Waals surface area contributed by atoms with Crippen molar-refractivity contribution < 1.29 is 4.79 Å². The minimum atomic E-state index is -0.322. The normalized spacial score (nSPS) is 15.6. The maximum Gasteiger partial charge on any atom is 0.246 e. The summed E-state index contributed by atoms with van der Waals surface area (Å²) in [5, 5.41) is 3.18. The fraction of sp³-hybridized carbons (Fsp3) is 0.280. The molecule has 30 heavy (non-hydrogen) atoms. The number of pyridine rings is 1. The van der Waals surface area contributed by atoms with E-state index < -0.39 is 0 Å². The molecule has 154 valence electrons. The molecule has 1 amide bonds. The number of carbonyl (C=O) groups is 1. The smallest absolute Gasteiger partial charge is 0.246 e. The molecule has 1 N–H and O–H groups in total. The summed E-state index contributed by atoms with van der Waals surface area (Å²) in [6.45, 7) is 7.36. The molecule has 1 fully saturated rings. The Kier molecular flexibility index (Phi) is 6.10. The Hall–Kier alpha value is -3.18. The van der Waals surface area contributed by atoms with Crippen molar-refractivity contribution >= 4 is 17.4 Å². The van der Waals surface area contributed by atoms with Crippen molar-refractivity contribution in [3.8, 4) is 0 Å². The first-order valence-corrected chi connectivity index (χ1v) is 10.4. The summed E-state index contributed by atoms with van der Waals surface area (Å²) in [4.78, 5) is 22.5. The van der Waals surface area contributed by atoms with Crippen LogP contribution in [0.1, 0.15) is 22.7 Å². The molecule has 0 radical (unpaired) electrons. The van der Waals surface area contributed by atoms with E-state index in [1.807, 2.05) is 80.7 Å². The minimum Gasteiger partial charge on any atom is -0.354 e. The van der Waals surface area contributed by atoms with Gasteiger partial charge in [-0.2, -0.15) is 0 Å². The number of carbonyl (C=O) groups excluding carboxylic acids is 1. The van der Waals surface area contributed by atoms with Crippen LogP contribution in [0.25, 0.3) is 0 Å². The van der Waals surface area contributed by atoms with Gasteiger partial charge < -0.3 is 10.2 Å². The van der Waals surface area contributed by atoms with E-state index in [9.17, 15) is 4.79 Å². The number of rotatable bonds is 5. The molecule has 1 saturated heterocycles. The Morgan fingerprint density at radius 3 is 2.37 bits per heavy atom. The van der Waals surface area contributed by atoms with E-state index in [2.05, 4.69) is 26.2 Å². The Morgan fingerprint density at radius 1 is 0.933 bits per heavy atom. The summed E-state index contributed by atoms with van der Waals surface area (Å²) in [6.07, 6.45) is 1.83. The largest absolute Gasteiger partial charge is 0.354 e. The van der Waals surface area contributed by atoms with Crippen molar-refractivity contribution in [2.75, 3.05) is 36.4 Å². The van der Waals surface area contributed by atoms with Crippen molar-refractivity contribution in [2.45, 2.75) is 19.9 Å². The molecule has 0 saturated carbocycles. The van der Waals surface area contributed by atoms with Gasteiger partial charge in [-0.15, -0.1) is 0 Å². The summed E-state index contributed by atoms with van der Waals surface area (Å²) in [5.41, 5.74) is 4.11. The number of benzene rings is 2. The molecule has 1 aliphatic rings. The second-order valence-electron chi connectivity index (χ2n) is 7.83. The van der Waals surface area contributed by atoms with E-state index in [0.29, 0.717) is 0 Å². The van der Waals surface area contributed by atoms with E-state index >= 15 is 0 Å². The van der Waals surface area contributed by atoms with Crippen LogP contribution in [0.15, 0.2) is 72.9 Å². The molecule has 5 nitrogen and oxygen atoms in total. The molecule has 0 aliphatic carbocycles. The van der Waals surface area contributed by atoms with Crippen molar-refractivity contribution in [1.29, 1.82) is 0 Å². The summed E-state index contributed by atoms with van der Waals surface area (Å²) >= 11 is 0. The third-order valence-corrected chi connectivity index (χ3v) is 5.67. The molecule has 1 atom stereocenters. The molecule has 0 bridgehead atoms. The Balaban J connectivity index is 1.54. The molecule has 5 heteroatoms. The lowest BCUT2D eigenvalue weighted by Gasteiger charge is -2.39. The standard InChI is InChI=1S/C25H28N4O/c1-19-11-12-20(2)22(18-19)27-25(30)24(21-8-4-3-5-9-21)29-16-14-28(15-17-29)23-10-6-7-13-26-23/h3-13,18,24H,14-17H2,1-2H3,(H,27,30)/t24-/m0/s1. The zero-order valence-electron chi connectivity index (χ0n) is 17.6. The fourth-order valence-electron chi connectivity index (χ4n) is 3.98. The van der Waals surface area contributed by atoms with Gasteiger partial charge in [0, 0.05) is 38.1 Å². The van der Waals surface area contributed by atoms with Crippen LogP contribution in [0.2, 0.25) is 0 Å². The van der Waals surface area contributed by atoms with Crippen LogP contribution in [0.3, 0.4) is 0 Å². The number of aryl methyl sites for hydroxylation is 2. The predicted octanol–water partition coefficient (Wildman–Crippen LogP) is 4.20. The number of hydrogen-bond acceptors (Lipinski definition) is 4. The van der Waals surface area contributed by atoms with Gasteiger partial charge in [0.2, 0.25) is 5.91 Å². The molecule has 0 spiro atoms. The SMILES string of the molecule is Cc1ccc(C)c(NC(=O)[C@H](c2ccccc2)N2CCN(c3ccccn3)CC2)c1. The molecular weight excluding hydrogens is 372 g/mol. The highest BCUT2D eigenvalue weighted by Crippen LogP contribution is 2.26. The minimum absolute atomic E-state index is 0.0150. The second-order valence-corrected chi connectivity index (χ2v) is 7.83. The van der Waals surface area contributed by atoms with Gasteiger partial charge in [0.05, 0.1) is 0 Å². The first-order valence-electron chi connectivity index (χ1n) is 10.4. The van der Waals surface area contributed by atoms with Gasteiger partial charge in [0.1, 0.15) is 11.9 Å². The Labute approximate surface area is 178 Å². The summed E-state index contributed by atoms with van der Waals surface area (Å²) in [5.74, 6) is 1.01. The number of nitrogens with zero attached hydrogens (tertiary/aromatic N) is 3. The van der Waals surface area contributed by atoms with Crippen LogP contribution >= 0.6 is 0 Å². The van der Waals surface area contributed by atoms with Gasteiger partial charge in [-0.1, -0.05) is 48.5 Å². The van der Waals surface area contributed by atoms with Gasteiger partial charge in [0.15, 0.2) is 0 Å². The maximum absolute atomic E-state index is 13.4. The molecule has 4 rings (SSSR count). The topological polar surface area (TPSA) is 48.5 Å². The van der Waals surface area contributed by atoms with E-state index in [1.165, 1.54) is 0 Å². The highest BCUT2D eigenvalue weighted by atomic mass is 16.2. The summed E-state index contributed by atoms with van der Waals surface area (Å²) in [7, 11) is 0. The van der Waals surface area contributed by atoms with E-state index in [-0.39, 0.29) is 11.9 Å². The first kappa shape index (κ1) is 20.1. The zero-order valence-corrected chi connectivity index (χ0v) is 17.6. The van der Waals surface area contributed by atoms with Crippen LogP contribution in [0.4, 0.5) is 11.5 Å². The number of aromatic nitrogens is 1. The molecule has 1 aromatic heterocycles. The van der Waals surface area contributed by atoms with Crippen LogP contribution in [0, 0.1) is 13.8 Å². The summed E-state index contributed by atoms with van der Waals surface area (Å²) in [6, 6.07) is 21.9.